The third-order valence-electron chi connectivity index (χ3n) is 4.17. The second kappa shape index (κ2) is 8.90. The van der Waals surface area contributed by atoms with Gasteiger partial charge in [-0.2, -0.15) is 0 Å². The molecular weight excluding hydrogens is 379 g/mol. The molecule has 0 radical (unpaired) electrons. The number of aromatic nitrogens is 2. The van der Waals surface area contributed by atoms with Gasteiger partial charge in [0.05, 0.1) is 17.9 Å². The van der Waals surface area contributed by atoms with E-state index in [-0.39, 0.29) is 11.7 Å². The second-order valence-electron chi connectivity index (χ2n) is 6.20. The SMILES string of the molecule is COCCN(C)c1ccc(C(=O)Nc2nc(-c3ccc(F)cc3)c(C)s2)cn1. The van der Waals surface area contributed by atoms with Gasteiger partial charge in [-0.3, -0.25) is 10.1 Å². The van der Waals surface area contributed by atoms with Crippen molar-refractivity contribution in [1.82, 2.24) is 9.97 Å². The number of nitrogens with one attached hydrogen (secondary N) is 1. The number of likely N-dealkylation sites (N-methyl/N-ethyl adjacent to an activating group) is 1. The molecule has 0 saturated carbocycles. The van der Waals surface area contributed by atoms with Crippen LogP contribution in [0.2, 0.25) is 0 Å². The smallest absolute Gasteiger partial charge is 0.259 e. The molecular formula is C20H21FN4O2S. The second-order valence-corrected chi connectivity index (χ2v) is 7.41. The Balaban J connectivity index is 1.69. The van der Waals surface area contributed by atoms with Gasteiger partial charge in [-0.25, -0.2) is 14.4 Å². The predicted octanol–water partition coefficient (Wildman–Crippen LogP) is 3.99. The van der Waals surface area contributed by atoms with Gasteiger partial charge in [0.2, 0.25) is 0 Å². The molecule has 2 heterocycles. The topological polar surface area (TPSA) is 67.3 Å². The number of anilines is 2. The van der Waals surface area contributed by atoms with Crippen molar-refractivity contribution in [2.24, 2.45) is 0 Å². The van der Waals surface area contributed by atoms with E-state index in [1.165, 1.54) is 29.7 Å². The van der Waals surface area contributed by atoms with Crippen LogP contribution in [0.1, 0.15) is 15.2 Å². The highest BCUT2D eigenvalue weighted by Crippen LogP contribution is 2.30. The van der Waals surface area contributed by atoms with Gasteiger partial charge < -0.3 is 9.64 Å². The van der Waals surface area contributed by atoms with Crippen LogP contribution in [-0.2, 0) is 4.74 Å². The monoisotopic (exact) mass is 400 g/mol. The van der Waals surface area contributed by atoms with Gasteiger partial charge >= 0.3 is 0 Å². The molecule has 6 nitrogen and oxygen atoms in total. The molecule has 0 atom stereocenters. The van der Waals surface area contributed by atoms with Gasteiger partial charge in [-0.05, 0) is 43.3 Å². The molecule has 0 aliphatic heterocycles. The Morgan fingerprint density at radius 3 is 2.64 bits per heavy atom. The van der Waals surface area contributed by atoms with Crippen LogP contribution in [-0.4, -0.2) is 43.2 Å². The first-order valence-electron chi connectivity index (χ1n) is 8.69. The summed E-state index contributed by atoms with van der Waals surface area (Å²) in [6, 6.07) is 9.65. The highest BCUT2D eigenvalue weighted by molar-refractivity contribution is 7.16. The maximum absolute atomic E-state index is 13.1. The van der Waals surface area contributed by atoms with Gasteiger partial charge in [0.25, 0.3) is 5.91 Å². The van der Waals surface area contributed by atoms with Gasteiger partial charge in [0, 0.05) is 37.3 Å². The van der Waals surface area contributed by atoms with Crippen molar-refractivity contribution in [2.75, 3.05) is 37.5 Å². The molecule has 0 aliphatic carbocycles. The predicted molar refractivity (Wildman–Crippen MR) is 110 cm³/mol. The molecule has 8 heteroatoms. The molecule has 0 saturated heterocycles. The third kappa shape index (κ3) is 4.71. The standard InChI is InChI=1S/C20H21FN4O2S/c1-13-18(14-4-7-16(21)8-5-14)23-20(28-13)24-19(26)15-6-9-17(22-12-15)25(2)10-11-27-3/h4-9,12H,10-11H2,1-3H3,(H,23,24,26). The van der Waals surface area contributed by atoms with Crippen molar-refractivity contribution in [3.63, 3.8) is 0 Å². The fraction of sp³-hybridized carbons (Fsp3) is 0.250. The van der Waals surface area contributed by atoms with Crippen LogP contribution >= 0.6 is 11.3 Å². The quantitative estimate of drug-likeness (QED) is 0.650. The zero-order chi connectivity index (χ0) is 20.1. The first-order chi connectivity index (χ1) is 13.5. The number of thiazole rings is 1. The van der Waals surface area contributed by atoms with E-state index >= 15 is 0 Å². The summed E-state index contributed by atoms with van der Waals surface area (Å²) in [5, 5.41) is 3.29. The van der Waals surface area contributed by atoms with E-state index in [1.807, 2.05) is 18.9 Å². The van der Waals surface area contributed by atoms with Crippen LogP contribution in [0.25, 0.3) is 11.3 Å². The lowest BCUT2D eigenvalue weighted by atomic mass is 10.1. The summed E-state index contributed by atoms with van der Waals surface area (Å²) < 4.78 is 18.2. The Labute approximate surface area is 167 Å². The van der Waals surface area contributed by atoms with Crippen LogP contribution in [0.5, 0.6) is 0 Å². The van der Waals surface area contributed by atoms with E-state index < -0.39 is 0 Å². The molecule has 0 bridgehead atoms. The lowest BCUT2D eigenvalue weighted by molar-refractivity contribution is 0.102. The average Bonchev–Trinajstić information content (AvgIpc) is 3.06. The molecule has 0 unspecified atom stereocenters. The Hall–Kier alpha value is -2.84. The Kier molecular flexibility index (Phi) is 6.33. The highest BCUT2D eigenvalue weighted by atomic mass is 32.1. The number of aryl methyl sites for hydroxylation is 1. The maximum Gasteiger partial charge on any atom is 0.259 e. The number of rotatable bonds is 7. The summed E-state index contributed by atoms with van der Waals surface area (Å²) in [7, 11) is 3.56. The van der Waals surface area contributed by atoms with E-state index in [2.05, 4.69) is 15.3 Å². The lowest BCUT2D eigenvalue weighted by Crippen LogP contribution is -2.23. The van der Waals surface area contributed by atoms with Crippen molar-refractivity contribution in [2.45, 2.75) is 6.92 Å². The van der Waals surface area contributed by atoms with Crippen LogP contribution < -0.4 is 10.2 Å². The normalized spacial score (nSPS) is 10.7. The lowest BCUT2D eigenvalue weighted by Gasteiger charge is -2.17. The number of halogens is 1. The Morgan fingerprint density at radius 2 is 2.00 bits per heavy atom. The molecule has 0 fully saturated rings. The maximum atomic E-state index is 13.1. The summed E-state index contributed by atoms with van der Waals surface area (Å²) in [4.78, 5) is 24.2. The summed E-state index contributed by atoms with van der Waals surface area (Å²) in [5.74, 6) is 0.185. The molecule has 146 valence electrons. The minimum atomic E-state index is -0.297. The molecule has 1 aromatic carbocycles. The summed E-state index contributed by atoms with van der Waals surface area (Å²) in [5.41, 5.74) is 1.98. The van der Waals surface area contributed by atoms with Crippen molar-refractivity contribution >= 4 is 28.2 Å². The number of carbonyl (C=O) groups excluding carboxylic acids is 1. The van der Waals surface area contributed by atoms with E-state index in [9.17, 15) is 9.18 Å². The number of hydrogen-bond acceptors (Lipinski definition) is 6. The zero-order valence-corrected chi connectivity index (χ0v) is 16.7. The molecule has 3 aromatic rings. The fourth-order valence-electron chi connectivity index (χ4n) is 2.58. The number of ether oxygens (including phenoxy) is 1. The molecule has 1 amide bonds. The van der Waals surface area contributed by atoms with Crippen molar-refractivity contribution < 1.29 is 13.9 Å². The molecule has 2 aromatic heterocycles. The minimum Gasteiger partial charge on any atom is -0.383 e. The number of hydrogen-bond donors (Lipinski definition) is 1. The first kappa shape index (κ1) is 19.9. The number of amides is 1. The number of benzene rings is 1. The number of methoxy groups -OCH3 is 1. The van der Waals surface area contributed by atoms with E-state index in [0.29, 0.717) is 23.8 Å². The summed E-state index contributed by atoms with van der Waals surface area (Å²) in [6.45, 7) is 3.22. The van der Waals surface area contributed by atoms with E-state index in [4.69, 9.17) is 4.74 Å². The van der Waals surface area contributed by atoms with Crippen molar-refractivity contribution in [3.8, 4) is 11.3 Å². The molecule has 0 spiro atoms. The first-order valence-corrected chi connectivity index (χ1v) is 9.50. The minimum absolute atomic E-state index is 0.280. The van der Waals surface area contributed by atoms with Crippen LogP contribution in [0.3, 0.4) is 0 Å². The fourth-order valence-corrected chi connectivity index (χ4v) is 3.41. The number of carbonyl (C=O) groups is 1. The van der Waals surface area contributed by atoms with E-state index in [1.54, 1.807) is 31.4 Å². The highest BCUT2D eigenvalue weighted by Gasteiger charge is 2.14. The van der Waals surface area contributed by atoms with Crippen LogP contribution in [0.4, 0.5) is 15.3 Å². The third-order valence-corrected chi connectivity index (χ3v) is 5.05. The van der Waals surface area contributed by atoms with E-state index in [0.717, 1.165) is 22.0 Å². The van der Waals surface area contributed by atoms with Gasteiger partial charge in [0.15, 0.2) is 5.13 Å². The summed E-state index contributed by atoms with van der Waals surface area (Å²) >= 11 is 1.37. The zero-order valence-electron chi connectivity index (χ0n) is 15.9. The largest absolute Gasteiger partial charge is 0.383 e. The average molecular weight is 400 g/mol. The van der Waals surface area contributed by atoms with Gasteiger partial charge in [0.1, 0.15) is 11.6 Å². The molecule has 3 rings (SSSR count). The number of nitrogens with zero attached hydrogens (tertiary/aromatic N) is 3. The van der Waals surface area contributed by atoms with Crippen LogP contribution in [0.15, 0.2) is 42.6 Å². The Morgan fingerprint density at radius 1 is 1.25 bits per heavy atom. The summed E-state index contributed by atoms with van der Waals surface area (Å²) in [6.07, 6.45) is 1.54. The molecule has 1 N–H and O–H groups in total. The van der Waals surface area contributed by atoms with Gasteiger partial charge in [-0.15, -0.1) is 11.3 Å². The molecule has 28 heavy (non-hydrogen) atoms. The van der Waals surface area contributed by atoms with Gasteiger partial charge in [-0.1, -0.05) is 0 Å². The number of pyridine rings is 1. The van der Waals surface area contributed by atoms with Crippen molar-refractivity contribution in [3.05, 3.63) is 58.9 Å². The molecule has 0 aliphatic rings. The Bertz CT molecular complexity index is 942. The van der Waals surface area contributed by atoms with Crippen molar-refractivity contribution in [1.29, 1.82) is 0 Å². The van der Waals surface area contributed by atoms with Crippen LogP contribution in [0, 0.1) is 12.7 Å².